The minimum atomic E-state index is -0.431. The molecule has 0 aliphatic rings. The molecule has 0 radical (unpaired) electrons. The van der Waals surface area contributed by atoms with Gasteiger partial charge in [-0.1, -0.05) is 27.5 Å². The molecular formula is C19H16BrClN2O3. The van der Waals surface area contributed by atoms with Gasteiger partial charge >= 0.3 is 5.91 Å². The summed E-state index contributed by atoms with van der Waals surface area (Å²) >= 11 is 9.56. The smallest absolute Gasteiger partial charge is 0.307 e. The van der Waals surface area contributed by atoms with Crippen LogP contribution in [0.4, 0.5) is 0 Å². The molecule has 5 nitrogen and oxygen atoms in total. The first-order chi connectivity index (χ1) is 12.4. The van der Waals surface area contributed by atoms with Crippen LogP contribution < -0.4 is 10.2 Å². The molecule has 0 bridgehead atoms. The van der Waals surface area contributed by atoms with Crippen molar-refractivity contribution < 1.29 is 13.9 Å². The van der Waals surface area contributed by atoms with Crippen LogP contribution in [0.1, 0.15) is 30.0 Å². The highest BCUT2D eigenvalue weighted by molar-refractivity contribution is 9.10. The Morgan fingerprint density at radius 3 is 2.81 bits per heavy atom. The third-order valence-electron chi connectivity index (χ3n) is 3.40. The van der Waals surface area contributed by atoms with Crippen molar-refractivity contribution in [1.29, 1.82) is 0 Å². The summed E-state index contributed by atoms with van der Waals surface area (Å²) in [6.45, 7) is 3.86. The van der Waals surface area contributed by atoms with Gasteiger partial charge in [0, 0.05) is 9.86 Å². The van der Waals surface area contributed by atoms with Crippen LogP contribution >= 0.6 is 27.5 Å². The van der Waals surface area contributed by atoms with Gasteiger partial charge in [0.1, 0.15) is 11.3 Å². The van der Waals surface area contributed by atoms with Crippen molar-refractivity contribution in [3.63, 3.8) is 0 Å². The molecule has 7 heteroatoms. The highest BCUT2D eigenvalue weighted by atomic mass is 79.9. The van der Waals surface area contributed by atoms with E-state index in [2.05, 4.69) is 26.5 Å². The van der Waals surface area contributed by atoms with Gasteiger partial charge in [-0.15, -0.1) is 0 Å². The lowest BCUT2D eigenvalue weighted by atomic mass is 10.2. The lowest BCUT2D eigenvalue weighted by molar-refractivity contribution is 0.0929. The molecule has 1 aromatic heterocycles. The van der Waals surface area contributed by atoms with Crippen LogP contribution in [0.5, 0.6) is 5.75 Å². The molecule has 3 rings (SSSR count). The highest BCUT2D eigenvalue weighted by Crippen LogP contribution is 2.26. The maximum atomic E-state index is 12.2. The van der Waals surface area contributed by atoms with E-state index < -0.39 is 5.91 Å². The average Bonchev–Trinajstić information content (AvgIpc) is 3.00. The molecule has 3 aromatic rings. The standard InChI is InChI=1S/C19H16BrClN2O3/c1-11(2)25-17-5-3-12(7-15(17)21)10-22-23-19(24)18-9-13-8-14(20)4-6-16(13)26-18/h3-11H,1-2H3,(H,23,24)/b22-10+. The number of rotatable bonds is 5. The SMILES string of the molecule is CC(C)Oc1ccc(/C=N/NC(=O)c2cc3cc(Br)ccc3o2)cc1Cl. The van der Waals surface area contributed by atoms with Gasteiger partial charge in [0.05, 0.1) is 17.3 Å². The Labute approximate surface area is 164 Å². The van der Waals surface area contributed by atoms with E-state index in [0.717, 1.165) is 15.4 Å². The Kier molecular flexibility index (Phi) is 5.64. The van der Waals surface area contributed by atoms with Crippen molar-refractivity contribution >= 4 is 50.6 Å². The number of hydrazone groups is 1. The fourth-order valence-electron chi connectivity index (χ4n) is 2.29. The Morgan fingerprint density at radius 2 is 2.08 bits per heavy atom. The molecule has 1 N–H and O–H groups in total. The second kappa shape index (κ2) is 7.93. The predicted molar refractivity (Wildman–Crippen MR) is 106 cm³/mol. The van der Waals surface area contributed by atoms with E-state index >= 15 is 0 Å². The van der Waals surface area contributed by atoms with Gasteiger partial charge in [0.15, 0.2) is 5.76 Å². The number of carbonyl (C=O) groups is 1. The Bertz CT molecular complexity index is 982. The fourth-order valence-corrected chi connectivity index (χ4v) is 2.91. The summed E-state index contributed by atoms with van der Waals surface area (Å²) in [5.74, 6) is 0.365. The number of furan rings is 1. The van der Waals surface area contributed by atoms with Gasteiger partial charge < -0.3 is 9.15 Å². The maximum absolute atomic E-state index is 12.2. The minimum Gasteiger partial charge on any atom is -0.489 e. The van der Waals surface area contributed by atoms with Gasteiger partial charge in [0.2, 0.25) is 0 Å². The zero-order valence-corrected chi connectivity index (χ0v) is 16.5. The molecule has 0 saturated heterocycles. The first-order valence-corrected chi connectivity index (χ1v) is 9.08. The van der Waals surface area contributed by atoms with E-state index in [9.17, 15) is 4.79 Å². The number of hydrogen-bond acceptors (Lipinski definition) is 4. The quantitative estimate of drug-likeness (QED) is 0.431. The minimum absolute atomic E-state index is 0.0377. The lowest BCUT2D eigenvalue weighted by Crippen LogP contribution is -2.16. The average molecular weight is 436 g/mol. The van der Waals surface area contributed by atoms with Crippen LogP contribution in [0.25, 0.3) is 11.0 Å². The number of nitrogens with one attached hydrogen (secondary N) is 1. The van der Waals surface area contributed by atoms with Crippen molar-refractivity contribution in [2.45, 2.75) is 20.0 Å². The molecule has 0 atom stereocenters. The molecule has 2 aromatic carbocycles. The van der Waals surface area contributed by atoms with Crippen LogP contribution in [0.3, 0.4) is 0 Å². The van der Waals surface area contributed by atoms with E-state index in [4.69, 9.17) is 20.8 Å². The number of hydrogen-bond donors (Lipinski definition) is 1. The van der Waals surface area contributed by atoms with Crippen LogP contribution in [-0.4, -0.2) is 18.2 Å². The third kappa shape index (κ3) is 4.45. The van der Waals surface area contributed by atoms with Gasteiger partial charge in [-0.2, -0.15) is 5.10 Å². The van der Waals surface area contributed by atoms with Gasteiger partial charge in [-0.3, -0.25) is 4.79 Å². The van der Waals surface area contributed by atoms with E-state index in [0.29, 0.717) is 16.4 Å². The highest BCUT2D eigenvalue weighted by Gasteiger charge is 2.11. The summed E-state index contributed by atoms with van der Waals surface area (Å²) in [5, 5.41) is 5.26. The Balaban J connectivity index is 1.67. The molecule has 0 aliphatic heterocycles. The molecule has 0 saturated carbocycles. The summed E-state index contributed by atoms with van der Waals surface area (Å²) in [4.78, 5) is 12.2. The lowest BCUT2D eigenvalue weighted by Gasteiger charge is -2.11. The molecule has 0 unspecified atom stereocenters. The number of benzene rings is 2. The summed E-state index contributed by atoms with van der Waals surface area (Å²) in [7, 11) is 0. The number of fused-ring (bicyclic) bond motifs is 1. The van der Waals surface area contributed by atoms with E-state index in [1.54, 1.807) is 30.3 Å². The zero-order chi connectivity index (χ0) is 18.7. The number of halogens is 2. The van der Waals surface area contributed by atoms with Gasteiger partial charge in [0.25, 0.3) is 0 Å². The molecule has 134 valence electrons. The van der Waals surface area contributed by atoms with E-state index in [1.165, 1.54) is 6.21 Å². The Hall–Kier alpha value is -2.31. The maximum Gasteiger partial charge on any atom is 0.307 e. The Morgan fingerprint density at radius 1 is 1.27 bits per heavy atom. The van der Waals surface area contributed by atoms with Gasteiger partial charge in [-0.05, 0) is 61.9 Å². The van der Waals surface area contributed by atoms with E-state index in [-0.39, 0.29) is 11.9 Å². The zero-order valence-electron chi connectivity index (χ0n) is 14.1. The van der Waals surface area contributed by atoms with Crippen LogP contribution in [-0.2, 0) is 0 Å². The largest absolute Gasteiger partial charge is 0.489 e. The fraction of sp³-hybridized carbons (Fsp3) is 0.158. The number of amides is 1. The van der Waals surface area contributed by atoms with Crippen molar-refractivity contribution in [3.05, 3.63) is 63.3 Å². The molecule has 0 fully saturated rings. The number of ether oxygens (including phenoxy) is 1. The van der Waals surface area contributed by atoms with Crippen LogP contribution in [0.2, 0.25) is 5.02 Å². The van der Waals surface area contributed by atoms with Crippen LogP contribution in [0, 0.1) is 0 Å². The van der Waals surface area contributed by atoms with Crippen LogP contribution in [0.15, 0.2) is 56.5 Å². The van der Waals surface area contributed by atoms with Crippen molar-refractivity contribution in [1.82, 2.24) is 5.43 Å². The molecule has 0 spiro atoms. The normalized spacial score (nSPS) is 11.4. The number of carbonyl (C=O) groups excluding carboxylic acids is 1. The molecule has 26 heavy (non-hydrogen) atoms. The summed E-state index contributed by atoms with van der Waals surface area (Å²) in [6, 6.07) is 12.5. The second-order valence-corrected chi connectivity index (χ2v) is 7.17. The van der Waals surface area contributed by atoms with E-state index in [1.807, 2.05) is 26.0 Å². The summed E-state index contributed by atoms with van der Waals surface area (Å²) in [6.07, 6.45) is 1.54. The van der Waals surface area contributed by atoms with Gasteiger partial charge in [-0.25, -0.2) is 5.43 Å². The summed E-state index contributed by atoms with van der Waals surface area (Å²) in [5.41, 5.74) is 3.81. The third-order valence-corrected chi connectivity index (χ3v) is 4.19. The molecule has 1 amide bonds. The molecule has 0 aliphatic carbocycles. The second-order valence-electron chi connectivity index (χ2n) is 5.85. The first-order valence-electron chi connectivity index (χ1n) is 7.91. The first kappa shape index (κ1) is 18.5. The van der Waals surface area contributed by atoms with Crippen molar-refractivity contribution in [2.24, 2.45) is 5.10 Å². The van der Waals surface area contributed by atoms with Crippen molar-refractivity contribution in [2.75, 3.05) is 0 Å². The van der Waals surface area contributed by atoms with Crippen molar-refractivity contribution in [3.8, 4) is 5.75 Å². The number of nitrogens with zero attached hydrogens (tertiary/aromatic N) is 1. The monoisotopic (exact) mass is 434 g/mol. The molecular weight excluding hydrogens is 420 g/mol. The predicted octanol–water partition coefficient (Wildman–Crippen LogP) is 5.40. The molecule has 1 heterocycles. The summed E-state index contributed by atoms with van der Waals surface area (Å²) < 4.78 is 12.0. The topological polar surface area (TPSA) is 63.8 Å².